The van der Waals surface area contributed by atoms with E-state index in [1.54, 1.807) is 24.3 Å². The maximum absolute atomic E-state index is 8.13. The van der Waals surface area contributed by atoms with Gasteiger partial charge in [-0.2, -0.15) is 0 Å². The molecule has 0 fully saturated rings. The molecule has 0 aliphatic rings. The fourth-order valence-electron chi connectivity index (χ4n) is 0.649. The number of hydrogen-bond donors (Lipinski definition) is 2. The van der Waals surface area contributed by atoms with Crippen LogP contribution in [0.1, 0.15) is 5.56 Å². The lowest BCUT2D eigenvalue weighted by Gasteiger charge is -1.91. The fraction of sp³-hybridized carbons (Fsp3) is 0. The van der Waals surface area contributed by atoms with E-state index in [4.69, 9.17) is 10.9 Å². The number of oxime groups is 1. The summed E-state index contributed by atoms with van der Waals surface area (Å²) < 4.78 is 0. The minimum Gasteiger partial charge on any atom is -0.411 e. The normalized spacial score (nSPS) is 10.4. The summed E-state index contributed by atoms with van der Waals surface area (Å²) in [6.07, 6.45) is 1.35. The average Bonchev–Trinajstić information content (AvgIpc) is 1.95. The predicted molar refractivity (Wildman–Crippen MR) is 40.2 cm³/mol. The number of hydrogen-bond acceptors (Lipinski definition) is 3. The molecule has 0 spiro atoms. The largest absolute Gasteiger partial charge is 0.411 e. The highest BCUT2D eigenvalue weighted by molar-refractivity contribution is 5.79. The molecule has 0 unspecified atom stereocenters. The average molecular weight is 136 g/mol. The second-order valence-electron chi connectivity index (χ2n) is 1.91. The lowest BCUT2D eigenvalue weighted by molar-refractivity contribution is 0.322. The first-order chi connectivity index (χ1) is 4.83. The lowest BCUT2D eigenvalue weighted by atomic mass is 10.2. The molecule has 0 atom stereocenters. The summed E-state index contributed by atoms with van der Waals surface area (Å²) in [5.41, 5.74) is 6.95. The van der Waals surface area contributed by atoms with Gasteiger partial charge < -0.3 is 10.9 Å². The van der Waals surface area contributed by atoms with Gasteiger partial charge in [0.1, 0.15) is 0 Å². The third-order valence-electron chi connectivity index (χ3n) is 1.14. The Bertz CT molecular complexity index is 228. The first-order valence-corrected chi connectivity index (χ1v) is 2.86. The van der Waals surface area contributed by atoms with E-state index in [2.05, 4.69) is 5.16 Å². The molecule has 3 nitrogen and oxygen atoms in total. The van der Waals surface area contributed by atoms with Gasteiger partial charge in [-0.15, -0.1) is 0 Å². The van der Waals surface area contributed by atoms with Gasteiger partial charge in [0, 0.05) is 5.69 Å². The minimum atomic E-state index is 0.704. The lowest BCUT2D eigenvalue weighted by Crippen LogP contribution is -1.85. The Morgan fingerprint density at radius 3 is 2.40 bits per heavy atom. The third-order valence-corrected chi connectivity index (χ3v) is 1.14. The highest BCUT2D eigenvalue weighted by Gasteiger charge is 1.85. The van der Waals surface area contributed by atoms with Crippen LogP contribution in [0.4, 0.5) is 5.69 Å². The van der Waals surface area contributed by atoms with Crippen molar-refractivity contribution in [3.63, 3.8) is 0 Å². The second kappa shape index (κ2) is 2.87. The fourth-order valence-corrected chi connectivity index (χ4v) is 0.649. The van der Waals surface area contributed by atoms with Crippen LogP contribution in [-0.4, -0.2) is 11.4 Å². The number of rotatable bonds is 1. The van der Waals surface area contributed by atoms with Crippen molar-refractivity contribution in [1.82, 2.24) is 0 Å². The maximum atomic E-state index is 8.13. The van der Waals surface area contributed by atoms with Crippen molar-refractivity contribution in [2.75, 3.05) is 5.73 Å². The molecule has 0 saturated carbocycles. The van der Waals surface area contributed by atoms with E-state index in [0.717, 1.165) is 5.56 Å². The number of benzene rings is 1. The molecule has 0 aliphatic heterocycles. The topological polar surface area (TPSA) is 58.6 Å². The molecule has 0 radical (unpaired) electrons. The summed E-state index contributed by atoms with van der Waals surface area (Å²) in [7, 11) is 0. The zero-order valence-corrected chi connectivity index (χ0v) is 5.36. The Morgan fingerprint density at radius 1 is 1.30 bits per heavy atom. The number of nitrogens with two attached hydrogens (primary N) is 1. The molecule has 1 rings (SSSR count). The molecule has 10 heavy (non-hydrogen) atoms. The van der Waals surface area contributed by atoms with Crippen LogP contribution in [0.25, 0.3) is 0 Å². The second-order valence-corrected chi connectivity index (χ2v) is 1.91. The molecule has 0 heterocycles. The van der Waals surface area contributed by atoms with Crippen LogP contribution in [0.2, 0.25) is 0 Å². The summed E-state index contributed by atoms with van der Waals surface area (Å²) in [4.78, 5) is 0. The molecule has 52 valence electrons. The smallest absolute Gasteiger partial charge is 0.0733 e. The van der Waals surface area contributed by atoms with E-state index in [0.29, 0.717) is 5.69 Å². The van der Waals surface area contributed by atoms with Gasteiger partial charge in [-0.05, 0) is 17.7 Å². The van der Waals surface area contributed by atoms with Crippen molar-refractivity contribution in [3.8, 4) is 0 Å². The van der Waals surface area contributed by atoms with E-state index in [1.807, 2.05) is 0 Å². The molecule has 1 aromatic rings. The van der Waals surface area contributed by atoms with Crippen molar-refractivity contribution in [3.05, 3.63) is 29.8 Å². The van der Waals surface area contributed by atoms with Crippen molar-refractivity contribution in [2.45, 2.75) is 0 Å². The van der Waals surface area contributed by atoms with E-state index < -0.39 is 0 Å². The predicted octanol–water partition coefficient (Wildman–Crippen LogP) is 1.08. The maximum Gasteiger partial charge on any atom is 0.0733 e. The first kappa shape index (κ1) is 6.61. The van der Waals surface area contributed by atoms with Crippen LogP contribution in [-0.2, 0) is 0 Å². The van der Waals surface area contributed by atoms with Gasteiger partial charge in [-0.1, -0.05) is 17.3 Å². The highest BCUT2D eigenvalue weighted by Crippen LogP contribution is 2.02. The Balaban J connectivity index is 2.89. The van der Waals surface area contributed by atoms with E-state index in [1.165, 1.54) is 6.21 Å². The van der Waals surface area contributed by atoms with Gasteiger partial charge in [-0.25, -0.2) is 0 Å². The van der Waals surface area contributed by atoms with E-state index in [9.17, 15) is 0 Å². The van der Waals surface area contributed by atoms with Crippen LogP contribution in [0.5, 0.6) is 0 Å². The molecule has 1 aromatic carbocycles. The van der Waals surface area contributed by atoms with Gasteiger partial charge >= 0.3 is 0 Å². The van der Waals surface area contributed by atoms with Crippen molar-refractivity contribution >= 4 is 11.9 Å². The molecule has 0 aromatic heterocycles. The van der Waals surface area contributed by atoms with Crippen LogP contribution < -0.4 is 5.73 Å². The van der Waals surface area contributed by atoms with Gasteiger partial charge in [0.15, 0.2) is 0 Å². The van der Waals surface area contributed by atoms with Gasteiger partial charge in [0.05, 0.1) is 6.21 Å². The Kier molecular flexibility index (Phi) is 1.89. The summed E-state index contributed by atoms with van der Waals surface area (Å²) in [5, 5.41) is 11.0. The summed E-state index contributed by atoms with van der Waals surface area (Å²) in [5.74, 6) is 0. The highest BCUT2D eigenvalue weighted by atomic mass is 16.4. The van der Waals surface area contributed by atoms with Crippen LogP contribution in [0, 0.1) is 0 Å². The molecule has 0 saturated heterocycles. The zero-order valence-electron chi connectivity index (χ0n) is 5.36. The van der Waals surface area contributed by atoms with Crippen molar-refractivity contribution < 1.29 is 5.21 Å². The molecule has 0 bridgehead atoms. The molecular formula is C7H8N2O. The number of anilines is 1. The minimum absolute atomic E-state index is 0.704. The van der Waals surface area contributed by atoms with Gasteiger partial charge in [0.2, 0.25) is 0 Å². The summed E-state index contributed by atoms with van der Waals surface area (Å²) >= 11 is 0. The SMILES string of the molecule is Nc1ccc(/C=N\O)cc1. The molecule has 0 amide bonds. The molecule has 3 N–H and O–H groups in total. The number of nitrogens with zero attached hydrogens (tertiary/aromatic N) is 1. The third kappa shape index (κ3) is 1.48. The summed E-state index contributed by atoms with van der Waals surface area (Å²) in [6, 6.07) is 7.04. The van der Waals surface area contributed by atoms with Crippen molar-refractivity contribution in [1.29, 1.82) is 0 Å². The molecular weight excluding hydrogens is 128 g/mol. The van der Waals surface area contributed by atoms with Gasteiger partial charge in [0.25, 0.3) is 0 Å². The standard InChI is InChI=1S/C7H8N2O/c8-7-3-1-6(2-4-7)5-9-10/h1-5,10H,8H2/b9-5-. The van der Waals surface area contributed by atoms with Gasteiger partial charge in [-0.3, -0.25) is 0 Å². The quantitative estimate of drug-likeness (QED) is 0.262. The van der Waals surface area contributed by atoms with E-state index >= 15 is 0 Å². The van der Waals surface area contributed by atoms with Crippen LogP contribution >= 0.6 is 0 Å². The Hall–Kier alpha value is -1.51. The Morgan fingerprint density at radius 2 is 1.90 bits per heavy atom. The molecule has 0 aliphatic carbocycles. The number of nitrogen functional groups attached to an aromatic ring is 1. The zero-order chi connectivity index (χ0) is 7.40. The summed E-state index contributed by atoms with van der Waals surface area (Å²) in [6.45, 7) is 0. The Labute approximate surface area is 58.8 Å². The van der Waals surface area contributed by atoms with E-state index in [-0.39, 0.29) is 0 Å². The van der Waals surface area contributed by atoms with Crippen molar-refractivity contribution in [2.24, 2.45) is 5.16 Å². The van der Waals surface area contributed by atoms with Crippen LogP contribution in [0.15, 0.2) is 29.4 Å². The monoisotopic (exact) mass is 136 g/mol. The first-order valence-electron chi connectivity index (χ1n) is 2.86. The van der Waals surface area contributed by atoms with Crippen LogP contribution in [0.3, 0.4) is 0 Å². The molecule has 3 heteroatoms.